The third kappa shape index (κ3) is 6.20. The van der Waals surface area contributed by atoms with Crippen LogP contribution in [0.5, 0.6) is 11.5 Å². The van der Waals surface area contributed by atoms with E-state index < -0.39 is 0 Å². The fourth-order valence-corrected chi connectivity index (χ4v) is 3.15. The van der Waals surface area contributed by atoms with Gasteiger partial charge in [-0.15, -0.1) is 0 Å². The highest BCUT2D eigenvalue weighted by atomic mass is 35.5. The molecule has 3 rings (SSSR count). The molecule has 0 atom stereocenters. The van der Waals surface area contributed by atoms with Crippen LogP contribution in [0.3, 0.4) is 0 Å². The zero-order valence-electron chi connectivity index (χ0n) is 16.0. The van der Waals surface area contributed by atoms with Gasteiger partial charge in [0.25, 0.3) is 5.91 Å². The molecule has 5 nitrogen and oxygen atoms in total. The highest BCUT2D eigenvalue weighted by Crippen LogP contribution is 2.27. The van der Waals surface area contributed by atoms with Gasteiger partial charge in [-0.05, 0) is 60.2 Å². The van der Waals surface area contributed by atoms with Crippen molar-refractivity contribution in [2.75, 3.05) is 24.4 Å². The molecule has 0 unspecified atom stereocenters. The minimum absolute atomic E-state index is 0.191. The average molecular weight is 466 g/mol. The van der Waals surface area contributed by atoms with E-state index >= 15 is 0 Å². The molecule has 156 valence electrons. The van der Waals surface area contributed by atoms with E-state index in [1.54, 1.807) is 37.4 Å². The molecule has 2 N–H and O–H groups in total. The van der Waals surface area contributed by atoms with Gasteiger partial charge in [-0.3, -0.25) is 4.79 Å². The number of anilines is 2. The third-order valence-electron chi connectivity index (χ3n) is 4.15. The van der Waals surface area contributed by atoms with E-state index in [0.717, 1.165) is 17.0 Å². The van der Waals surface area contributed by atoms with Crippen LogP contribution >= 0.6 is 34.8 Å². The van der Waals surface area contributed by atoms with Gasteiger partial charge in [-0.1, -0.05) is 40.9 Å². The Balaban J connectivity index is 1.51. The molecule has 0 bridgehead atoms. The van der Waals surface area contributed by atoms with Crippen LogP contribution < -0.4 is 20.1 Å². The smallest absolute Gasteiger partial charge is 0.262 e. The second kappa shape index (κ2) is 10.4. The Morgan fingerprint density at radius 2 is 1.60 bits per heavy atom. The summed E-state index contributed by atoms with van der Waals surface area (Å²) in [6, 6.07) is 17.9. The highest BCUT2D eigenvalue weighted by molar-refractivity contribution is 6.42. The molecule has 0 aliphatic rings. The molecule has 0 aliphatic heterocycles. The first-order chi connectivity index (χ1) is 14.4. The molecular formula is C22H19Cl3N2O3. The van der Waals surface area contributed by atoms with Crippen LogP contribution in [0.15, 0.2) is 60.7 Å². The lowest BCUT2D eigenvalue weighted by Gasteiger charge is -2.11. The largest absolute Gasteiger partial charge is 0.497 e. The van der Waals surface area contributed by atoms with E-state index in [2.05, 4.69) is 10.6 Å². The molecule has 3 aromatic rings. The molecular weight excluding hydrogens is 447 g/mol. The maximum Gasteiger partial charge on any atom is 0.262 e. The first-order valence-corrected chi connectivity index (χ1v) is 10.1. The SMILES string of the molecule is COc1ccc(NCc2ccc(OCC(=O)Nc3ccc(Cl)c(Cl)c3)c(Cl)c2)cc1. The Bertz CT molecular complexity index is 1030. The summed E-state index contributed by atoms with van der Waals surface area (Å²) in [6.07, 6.45) is 0. The van der Waals surface area contributed by atoms with Gasteiger partial charge in [-0.25, -0.2) is 0 Å². The molecule has 3 aromatic carbocycles. The summed E-state index contributed by atoms with van der Waals surface area (Å²) >= 11 is 18.1. The Hall–Kier alpha value is -2.60. The van der Waals surface area contributed by atoms with Gasteiger partial charge in [0.05, 0.1) is 22.2 Å². The molecule has 30 heavy (non-hydrogen) atoms. The molecule has 0 saturated carbocycles. The van der Waals surface area contributed by atoms with E-state index in [1.165, 1.54) is 0 Å². The summed E-state index contributed by atoms with van der Waals surface area (Å²) in [6.45, 7) is 0.396. The number of ether oxygens (including phenoxy) is 2. The molecule has 8 heteroatoms. The quantitative estimate of drug-likeness (QED) is 0.411. The van der Waals surface area contributed by atoms with Crippen molar-refractivity contribution in [3.05, 3.63) is 81.3 Å². The maximum absolute atomic E-state index is 12.1. The van der Waals surface area contributed by atoms with Crippen molar-refractivity contribution < 1.29 is 14.3 Å². The molecule has 0 heterocycles. The summed E-state index contributed by atoms with van der Waals surface area (Å²) in [7, 11) is 1.63. The second-order valence-electron chi connectivity index (χ2n) is 6.31. The van der Waals surface area contributed by atoms with Crippen molar-refractivity contribution in [3.8, 4) is 11.5 Å². The molecule has 0 radical (unpaired) electrons. The third-order valence-corrected chi connectivity index (χ3v) is 5.18. The van der Waals surface area contributed by atoms with Gasteiger partial charge in [-0.2, -0.15) is 0 Å². The number of nitrogens with one attached hydrogen (secondary N) is 2. The van der Waals surface area contributed by atoms with Gasteiger partial charge in [0.2, 0.25) is 0 Å². The van der Waals surface area contributed by atoms with Crippen LogP contribution in [0, 0.1) is 0 Å². The maximum atomic E-state index is 12.1. The average Bonchev–Trinajstić information content (AvgIpc) is 2.74. The molecule has 0 fully saturated rings. The van der Waals surface area contributed by atoms with Crippen LogP contribution in [0.1, 0.15) is 5.56 Å². The topological polar surface area (TPSA) is 59.6 Å². The fraction of sp³-hybridized carbons (Fsp3) is 0.136. The number of amides is 1. The first-order valence-electron chi connectivity index (χ1n) is 8.98. The number of rotatable bonds is 8. The van der Waals surface area contributed by atoms with Crippen molar-refractivity contribution in [2.45, 2.75) is 6.54 Å². The van der Waals surface area contributed by atoms with Gasteiger partial charge in [0.1, 0.15) is 11.5 Å². The van der Waals surface area contributed by atoms with Crippen molar-refractivity contribution >= 4 is 52.1 Å². The van der Waals surface area contributed by atoms with Crippen molar-refractivity contribution in [3.63, 3.8) is 0 Å². The van der Waals surface area contributed by atoms with E-state index in [1.807, 2.05) is 30.3 Å². The van der Waals surface area contributed by atoms with Gasteiger partial charge in [0, 0.05) is 17.9 Å². The van der Waals surface area contributed by atoms with Crippen LogP contribution in [-0.2, 0) is 11.3 Å². The highest BCUT2D eigenvalue weighted by Gasteiger charge is 2.09. The van der Waals surface area contributed by atoms with E-state index in [9.17, 15) is 4.79 Å². The lowest BCUT2D eigenvalue weighted by Crippen LogP contribution is -2.20. The molecule has 0 aromatic heterocycles. The molecule has 0 saturated heterocycles. The van der Waals surface area contributed by atoms with Crippen LogP contribution in [0.4, 0.5) is 11.4 Å². The standard InChI is InChI=1S/C22H19Cl3N2O3/c1-29-17-6-3-15(4-7-17)26-12-14-2-9-21(20(25)10-14)30-13-22(28)27-16-5-8-18(23)19(24)11-16/h2-11,26H,12-13H2,1H3,(H,27,28). The Morgan fingerprint density at radius 1 is 0.867 bits per heavy atom. The van der Waals surface area contributed by atoms with Crippen molar-refractivity contribution in [1.82, 2.24) is 0 Å². The number of methoxy groups -OCH3 is 1. The lowest BCUT2D eigenvalue weighted by molar-refractivity contribution is -0.118. The van der Waals surface area contributed by atoms with Crippen molar-refractivity contribution in [2.24, 2.45) is 0 Å². The predicted molar refractivity (Wildman–Crippen MR) is 122 cm³/mol. The Morgan fingerprint density at radius 3 is 2.27 bits per heavy atom. The Labute approximate surface area is 189 Å². The normalized spacial score (nSPS) is 10.4. The van der Waals surface area contributed by atoms with Crippen LogP contribution in [0.2, 0.25) is 15.1 Å². The van der Waals surface area contributed by atoms with E-state index in [-0.39, 0.29) is 12.5 Å². The number of hydrogen-bond acceptors (Lipinski definition) is 4. The minimum Gasteiger partial charge on any atom is -0.497 e. The summed E-state index contributed by atoms with van der Waals surface area (Å²) in [5.41, 5.74) is 2.47. The number of halogens is 3. The molecule has 0 spiro atoms. The first kappa shape index (κ1) is 22.1. The number of carbonyl (C=O) groups excluding carboxylic acids is 1. The van der Waals surface area contributed by atoms with E-state index in [0.29, 0.717) is 33.0 Å². The predicted octanol–water partition coefficient (Wildman–Crippen LogP) is 6.29. The van der Waals surface area contributed by atoms with Crippen LogP contribution in [-0.4, -0.2) is 19.6 Å². The summed E-state index contributed by atoms with van der Waals surface area (Å²) in [5.74, 6) is 0.886. The number of benzene rings is 3. The molecule has 0 aliphatic carbocycles. The summed E-state index contributed by atoms with van der Waals surface area (Å²) in [4.78, 5) is 12.1. The van der Waals surface area contributed by atoms with E-state index in [4.69, 9.17) is 44.3 Å². The minimum atomic E-state index is -0.338. The van der Waals surface area contributed by atoms with Crippen molar-refractivity contribution in [1.29, 1.82) is 0 Å². The monoisotopic (exact) mass is 464 g/mol. The van der Waals surface area contributed by atoms with Gasteiger partial charge >= 0.3 is 0 Å². The van der Waals surface area contributed by atoms with Gasteiger partial charge in [0.15, 0.2) is 6.61 Å². The Kier molecular flexibility index (Phi) is 7.69. The number of hydrogen-bond donors (Lipinski definition) is 2. The van der Waals surface area contributed by atoms with Gasteiger partial charge < -0.3 is 20.1 Å². The summed E-state index contributed by atoms with van der Waals surface area (Å²) < 4.78 is 10.7. The fourth-order valence-electron chi connectivity index (χ4n) is 2.60. The zero-order chi connectivity index (χ0) is 21.5. The molecule has 1 amide bonds. The summed E-state index contributed by atoms with van der Waals surface area (Å²) in [5, 5.41) is 7.19. The zero-order valence-corrected chi connectivity index (χ0v) is 18.3. The second-order valence-corrected chi connectivity index (χ2v) is 7.53. The van der Waals surface area contributed by atoms with Crippen LogP contribution in [0.25, 0.3) is 0 Å². The number of carbonyl (C=O) groups is 1. The lowest BCUT2D eigenvalue weighted by atomic mass is 10.2.